The van der Waals surface area contributed by atoms with Gasteiger partial charge in [-0.25, -0.2) is 0 Å². The molecule has 0 aromatic heterocycles. The number of hydrogen-bond acceptors (Lipinski definition) is 2. The Kier molecular flexibility index (Phi) is 3.72. The average Bonchev–Trinajstić information content (AvgIpc) is 2.32. The Morgan fingerprint density at radius 2 is 2.07 bits per heavy atom. The second-order valence-electron chi connectivity index (χ2n) is 3.67. The van der Waals surface area contributed by atoms with Gasteiger partial charge in [-0.3, -0.25) is 4.79 Å². The molecule has 1 atom stereocenters. The van der Waals surface area contributed by atoms with Crippen molar-refractivity contribution in [3.05, 3.63) is 29.8 Å². The third-order valence-corrected chi connectivity index (χ3v) is 2.73. The predicted molar refractivity (Wildman–Crippen MR) is 63.4 cm³/mol. The van der Waals surface area contributed by atoms with Gasteiger partial charge in [-0.2, -0.15) is 0 Å². The molecule has 15 heavy (non-hydrogen) atoms. The minimum atomic E-state index is -0.354. The number of likely N-dealkylation sites (N-methyl/N-ethyl adjacent to an activating group) is 1. The first-order valence-corrected chi connectivity index (χ1v) is 4.81. The van der Waals surface area contributed by atoms with Crippen LogP contribution in [0.15, 0.2) is 24.3 Å². The molecule has 1 aromatic rings. The van der Waals surface area contributed by atoms with Crippen molar-refractivity contribution in [3.63, 3.8) is 0 Å². The van der Waals surface area contributed by atoms with Gasteiger partial charge in [-0.05, 0) is 24.5 Å². The highest BCUT2D eigenvalue weighted by Gasteiger charge is 2.24. The number of halogens is 1. The Morgan fingerprint density at radius 1 is 1.40 bits per heavy atom. The number of fused-ring (bicyclic) bond motifs is 1. The largest absolute Gasteiger partial charge is 0.320 e. The summed E-state index contributed by atoms with van der Waals surface area (Å²) in [6.07, 6.45) is 1.62. The second-order valence-corrected chi connectivity index (χ2v) is 3.67. The summed E-state index contributed by atoms with van der Waals surface area (Å²) in [5, 5.41) is 0. The number of hydrogen-bond donors (Lipinski definition) is 1. The summed E-state index contributed by atoms with van der Waals surface area (Å²) in [5.41, 5.74) is 7.95. The Balaban J connectivity index is 0.00000112. The van der Waals surface area contributed by atoms with Gasteiger partial charge >= 0.3 is 0 Å². The lowest BCUT2D eigenvalue weighted by Gasteiger charge is -2.18. The summed E-state index contributed by atoms with van der Waals surface area (Å²) in [6, 6.07) is 7.60. The van der Waals surface area contributed by atoms with Crippen LogP contribution in [0.3, 0.4) is 0 Å². The number of nitrogens with zero attached hydrogens (tertiary/aromatic N) is 1. The van der Waals surface area contributed by atoms with E-state index in [2.05, 4.69) is 6.07 Å². The van der Waals surface area contributed by atoms with E-state index in [0.29, 0.717) is 0 Å². The maximum absolute atomic E-state index is 11.7. The Hall–Kier alpha value is -1.06. The molecule has 1 aliphatic heterocycles. The van der Waals surface area contributed by atoms with Gasteiger partial charge in [-0.1, -0.05) is 18.2 Å². The highest BCUT2D eigenvalue weighted by Crippen LogP contribution is 2.24. The monoisotopic (exact) mass is 226 g/mol. The number of para-hydroxylation sites is 1. The number of rotatable bonds is 0. The molecule has 0 bridgehead atoms. The Labute approximate surface area is 95.7 Å². The highest BCUT2D eigenvalue weighted by atomic mass is 35.5. The summed E-state index contributed by atoms with van der Waals surface area (Å²) in [4.78, 5) is 13.4. The van der Waals surface area contributed by atoms with Crippen LogP contribution in [0, 0.1) is 0 Å². The zero-order valence-corrected chi connectivity index (χ0v) is 9.46. The summed E-state index contributed by atoms with van der Waals surface area (Å²) >= 11 is 0. The lowest BCUT2D eigenvalue weighted by molar-refractivity contribution is -0.119. The van der Waals surface area contributed by atoms with Gasteiger partial charge in [0.05, 0.1) is 6.04 Å². The number of nitrogens with two attached hydrogens (primary N) is 1. The predicted octanol–water partition coefficient (Wildman–Crippen LogP) is 1.34. The Bertz CT molecular complexity index is 367. The maximum Gasteiger partial charge on any atom is 0.243 e. The molecule has 82 valence electrons. The van der Waals surface area contributed by atoms with Crippen molar-refractivity contribution in [3.8, 4) is 0 Å². The zero-order chi connectivity index (χ0) is 10.1. The van der Waals surface area contributed by atoms with E-state index in [0.717, 1.165) is 18.5 Å². The summed E-state index contributed by atoms with van der Waals surface area (Å²) in [5.74, 6) is 0.00921. The van der Waals surface area contributed by atoms with Crippen LogP contribution in [-0.2, 0) is 11.2 Å². The summed E-state index contributed by atoms with van der Waals surface area (Å²) in [7, 11) is 1.78. The minimum absolute atomic E-state index is 0. The number of aryl methyl sites for hydroxylation is 1. The minimum Gasteiger partial charge on any atom is -0.320 e. The van der Waals surface area contributed by atoms with Gasteiger partial charge in [0, 0.05) is 12.7 Å². The fourth-order valence-electron chi connectivity index (χ4n) is 1.85. The van der Waals surface area contributed by atoms with Crippen molar-refractivity contribution in [2.45, 2.75) is 18.9 Å². The van der Waals surface area contributed by atoms with Crippen molar-refractivity contribution in [2.24, 2.45) is 5.73 Å². The van der Waals surface area contributed by atoms with Crippen LogP contribution in [0.1, 0.15) is 12.0 Å². The van der Waals surface area contributed by atoms with E-state index in [1.165, 1.54) is 5.56 Å². The van der Waals surface area contributed by atoms with E-state index in [9.17, 15) is 4.79 Å². The molecule has 0 aliphatic carbocycles. The van der Waals surface area contributed by atoms with Crippen molar-refractivity contribution in [2.75, 3.05) is 11.9 Å². The van der Waals surface area contributed by atoms with E-state index in [4.69, 9.17) is 5.73 Å². The second kappa shape index (κ2) is 4.64. The third-order valence-electron chi connectivity index (χ3n) is 2.73. The SMILES string of the molecule is CN1C(=O)[C@H](N)CCc2ccccc21.Cl. The number of amides is 1. The quantitative estimate of drug-likeness (QED) is 0.726. The van der Waals surface area contributed by atoms with Crippen molar-refractivity contribution in [1.82, 2.24) is 0 Å². The molecule has 0 unspecified atom stereocenters. The molecule has 2 N–H and O–H groups in total. The average molecular weight is 227 g/mol. The van der Waals surface area contributed by atoms with Crippen LogP contribution in [0.5, 0.6) is 0 Å². The fourth-order valence-corrected chi connectivity index (χ4v) is 1.85. The normalized spacial score (nSPS) is 20.3. The van der Waals surface area contributed by atoms with Crippen LogP contribution in [-0.4, -0.2) is 19.0 Å². The van der Waals surface area contributed by atoms with E-state index >= 15 is 0 Å². The van der Waals surface area contributed by atoms with Gasteiger partial charge < -0.3 is 10.6 Å². The van der Waals surface area contributed by atoms with Gasteiger partial charge in [0.25, 0.3) is 0 Å². The van der Waals surface area contributed by atoms with Gasteiger partial charge in [0.15, 0.2) is 0 Å². The van der Waals surface area contributed by atoms with Crippen LogP contribution >= 0.6 is 12.4 Å². The molecule has 1 heterocycles. The molecule has 0 saturated heterocycles. The zero-order valence-electron chi connectivity index (χ0n) is 8.64. The molecule has 4 heteroatoms. The topological polar surface area (TPSA) is 46.3 Å². The van der Waals surface area contributed by atoms with Crippen LogP contribution < -0.4 is 10.6 Å². The number of anilines is 1. The van der Waals surface area contributed by atoms with Crippen LogP contribution in [0.4, 0.5) is 5.69 Å². The molecular weight excluding hydrogens is 212 g/mol. The molecule has 0 radical (unpaired) electrons. The molecule has 0 spiro atoms. The van der Waals surface area contributed by atoms with E-state index in [1.807, 2.05) is 18.2 Å². The number of benzene rings is 1. The summed E-state index contributed by atoms with van der Waals surface area (Å²) in [6.45, 7) is 0. The van der Waals surface area contributed by atoms with Gasteiger partial charge in [0.1, 0.15) is 0 Å². The van der Waals surface area contributed by atoms with Crippen LogP contribution in [0.2, 0.25) is 0 Å². The molecule has 0 saturated carbocycles. The highest BCUT2D eigenvalue weighted by molar-refractivity contribution is 5.97. The lowest BCUT2D eigenvalue weighted by atomic mass is 10.1. The standard InChI is InChI=1S/C11H14N2O.ClH/c1-13-10-5-3-2-4-8(10)6-7-9(12)11(13)14;/h2-5,9H,6-7,12H2,1H3;1H/t9-;/m1./s1. The van der Waals surface area contributed by atoms with E-state index in [-0.39, 0.29) is 24.4 Å². The molecular formula is C11H15ClN2O. The maximum atomic E-state index is 11.7. The molecule has 1 aromatic carbocycles. The number of carbonyl (C=O) groups is 1. The first kappa shape index (κ1) is 12.0. The van der Waals surface area contributed by atoms with Crippen molar-refractivity contribution < 1.29 is 4.79 Å². The van der Waals surface area contributed by atoms with Crippen LogP contribution in [0.25, 0.3) is 0 Å². The number of carbonyl (C=O) groups excluding carboxylic acids is 1. The first-order chi connectivity index (χ1) is 6.70. The van der Waals surface area contributed by atoms with Crippen molar-refractivity contribution in [1.29, 1.82) is 0 Å². The lowest BCUT2D eigenvalue weighted by Crippen LogP contribution is -2.40. The van der Waals surface area contributed by atoms with Crippen molar-refractivity contribution >= 4 is 24.0 Å². The summed E-state index contributed by atoms with van der Waals surface area (Å²) < 4.78 is 0. The Morgan fingerprint density at radius 3 is 2.80 bits per heavy atom. The van der Waals surface area contributed by atoms with E-state index < -0.39 is 0 Å². The smallest absolute Gasteiger partial charge is 0.243 e. The molecule has 3 nitrogen and oxygen atoms in total. The molecule has 1 amide bonds. The molecule has 2 rings (SSSR count). The fraction of sp³-hybridized carbons (Fsp3) is 0.364. The van der Waals surface area contributed by atoms with E-state index in [1.54, 1.807) is 11.9 Å². The molecule has 1 aliphatic rings. The first-order valence-electron chi connectivity index (χ1n) is 4.81. The van der Waals surface area contributed by atoms with Gasteiger partial charge in [0.2, 0.25) is 5.91 Å². The molecule has 0 fully saturated rings. The van der Waals surface area contributed by atoms with Gasteiger partial charge in [-0.15, -0.1) is 12.4 Å². The third kappa shape index (κ3) is 2.13.